The van der Waals surface area contributed by atoms with Gasteiger partial charge >= 0.3 is 0 Å². The van der Waals surface area contributed by atoms with Crippen molar-refractivity contribution in [2.24, 2.45) is 11.8 Å². The van der Waals surface area contributed by atoms with Gasteiger partial charge in [0.25, 0.3) is 0 Å². The number of nitrogens with one attached hydrogen (secondary N) is 2. The van der Waals surface area contributed by atoms with E-state index in [-0.39, 0.29) is 0 Å². The molecule has 2 aliphatic rings. The number of hydrogen-bond donors (Lipinski definition) is 2. The predicted molar refractivity (Wildman–Crippen MR) is 111 cm³/mol. The van der Waals surface area contributed by atoms with E-state index in [1.54, 1.807) is 0 Å². The van der Waals surface area contributed by atoms with Crippen LogP contribution < -0.4 is 10.6 Å². The van der Waals surface area contributed by atoms with Crippen molar-refractivity contribution in [1.82, 2.24) is 10.6 Å². The van der Waals surface area contributed by atoms with Crippen molar-refractivity contribution in [2.75, 3.05) is 31.9 Å². The van der Waals surface area contributed by atoms with Gasteiger partial charge in [-0.15, -0.1) is 0 Å². The van der Waals surface area contributed by atoms with E-state index in [0.717, 1.165) is 27.6 Å². The van der Waals surface area contributed by atoms with Crippen molar-refractivity contribution in [3.63, 3.8) is 0 Å². The fourth-order valence-electron chi connectivity index (χ4n) is 3.23. The van der Waals surface area contributed by atoms with E-state index in [1.807, 2.05) is 0 Å². The number of piperidine rings is 2. The molecule has 0 aromatic heterocycles. The minimum Gasteiger partial charge on any atom is -0.317 e. The van der Waals surface area contributed by atoms with Gasteiger partial charge in [-0.1, -0.05) is 34.6 Å². The molecule has 2 nitrogen and oxygen atoms in total. The number of rotatable bonds is 6. The average molecular weight is 361 g/mol. The second-order valence-electron chi connectivity index (χ2n) is 7.55. The second-order valence-corrected chi connectivity index (χ2v) is 11.1. The lowest BCUT2D eigenvalue weighted by molar-refractivity contribution is 0.372. The van der Waals surface area contributed by atoms with E-state index in [2.05, 4.69) is 68.8 Å². The van der Waals surface area contributed by atoms with E-state index in [0.29, 0.717) is 0 Å². The zero-order valence-electron chi connectivity index (χ0n) is 16.1. The van der Waals surface area contributed by atoms with Crippen LogP contribution in [-0.4, -0.2) is 47.7 Å². The zero-order chi connectivity index (χ0) is 17.1. The summed E-state index contributed by atoms with van der Waals surface area (Å²) in [5.74, 6) is 3.32. The summed E-state index contributed by atoms with van der Waals surface area (Å²) in [7, 11) is 0. The molecule has 2 saturated heterocycles. The van der Waals surface area contributed by atoms with Gasteiger partial charge in [-0.2, -0.15) is 23.5 Å². The average Bonchev–Trinajstić information content (AvgIpc) is 2.55. The number of thioether (sulfide) groups is 2. The van der Waals surface area contributed by atoms with Crippen LogP contribution in [0.2, 0.25) is 0 Å². The molecule has 0 saturated carbocycles. The van der Waals surface area contributed by atoms with Crippen LogP contribution in [0.3, 0.4) is 0 Å². The fourth-order valence-corrected chi connectivity index (χ4v) is 5.57. The van der Waals surface area contributed by atoms with Crippen LogP contribution in [-0.2, 0) is 0 Å². The van der Waals surface area contributed by atoms with Gasteiger partial charge in [0.2, 0.25) is 0 Å². The van der Waals surface area contributed by atoms with Crippen molar-refractivity contribution < 1.29 is 0 Å². The Hall–Kier alpha value is 0.620. The Labute approximate surface area is 154 Å². The highest BCUT2D eigenvalue weighted by atomic mass is 32.2. The molecule has 138 valence electrons. The standard InChI is InChI=1S/C10H21NS.C9H19NS/c1-8(2)12-9(3)10-4-6-11-7-5-10;1-8(2)11-7-9-3-5-10-6-4-9/h8-11H,4-7H2,1-3H3;8-10H,3-7H2,1-2H3. The quantitative estimate of drug-likeness (QED) is 0.720. The lowest BCUT2D eigenvalue weighted by Gasteiger charge is -2.28. The molecule has 2 heterocycles. The maximum Gasteiger partial charge on any atom is 0.00505 e. The summed E-state index contributed by atoms with van der Waals surface area (Å²) >= 11 is 4.24. The number of hydrogen-bond acceptors (Lipinski definition) is 4. The van der Waals surface area contributed by atoms with E-state index in [4.69, 9.17) is 0 Å². The van der Waals surface area contributed by atoms with E-state index in [1.165, 1.54) is 57.6 Å². The van der Waals surface area contributed by atoms with Crippen LogP contribution in [0.5, 0.6) is 0 Å². The highest BCUT2D eigenvalue weighted by molar-refractivity contribution is 8.00. The first kappa shape index (κ1) is 21.7. The molecule has 2 rings (SSSR count). The second kappa shape index (κ2) is 12.9. The minimum atomic E-state index is 0.787. The predicted octanol–water partition coefficient (Wildman–Crippen LogP) is 4.64. The van der Waals surface area contributed by atoms with Gasteiger partial charge in [-0.25, -0.2) is 0 Å². The summed E-state index contributed by atoms with van der Waals surface area (Å²) < 4.78 is 0. The fraction of sp³-hybridized carbons (Fsp3) is 1.00. The molecule has 2 N–H and O–H groups in total. The Kier molecular flexibility index (Phi) is 12.2. The van der Waals surface area contributed by atoms with Gasteiger partial charge in [0.05, 0.1) is 0 Å². The summed E-state index contributed by atoms with van der Waals surface area (Å²) in [5, 5.41) is 9.26. The van der Waals surface area contributed by atoms with Gasteiger partial charge in [0.1, 0.15) is 0 Å². The summed E-state index contributed by atoms with van der Waals surface area (Å²) in [6.45, 7) is 16.5. The van der Waals surface area contributed by atoms with Crippen molar-refractivity contribution in [3.8, 4) is 0 Å². The third-order valence-corrected chi connectivity index (χ3v) is 7.35. The van der Waals surface area contributed by atoms with Crippen LogP contribution in [0, 0.1) is 11.8 Å². The maximum atomic E-state index is 3.41. The summed E-state index contributed by atoms with van der Waals surface area (Å²) in [5.41, 5.74) is 0. The van der Waals surface area contributed by atoms with E-state index < -0.39 is 0 Å². The van der Waals surface area contributed by atoms with Gasteiger partial charge in [0.15, 0.2) is 0 Å². The van der Waals surface area contributed by atoms with Crippen molar-refractivity contribution >= 4 is 23.5 Å². The molecule has 2 fully saturated rings. The smallest absolute Gasteiger partial charge is 0.00505 e. The summed E-state index contributed by atoms with van der Waals surface area (Å²) in [6.07, 6.45) is 5.53. The molecule has 1 atom stereocenters. The van der Waals surface area contributed by atoms with Crippen LogP contribution in [0.4, 0.5) is 0 Å². The Balaban J connectivity index is 0.000000231. The highest BCUT2D eigenvalue weighted by Gasteiger charge is 2.20. The Morgan fingerprint density at radius 2 is 1.30 bits per heavy atom. The Bertz CT molecular complexity index is 273. The first-order valence-electron chi connectivity index (χ1n) is 9.67. The molecule has 0 bridgehead atoms. The molecule has 0 aromatic rings. The first-order chi connectivity index (χ1) is 11.0. The molecule has 2 aliphatic heterocycles. The molecule has 0 aromatic carbocycles. The van der Waals surface area contributed by atoms with Crippen LogP contribution in [0.15, 0.2) is 0 Å². The van der Waals surface area contributed by atoms with Gasteiger partial charge in [-0.05, 0) is 80.0 Å². The molecule has 0 radical (unpaired) electrons. The molecule has 4 heteroatoms. The monoisotopic (exact) mass is 360 g/mol. The summed E-state index contributed by atoms with van der Waals surface area (Å²) in [4.78, 5) is 0. The van der Waals surface area contributed by atoms with Crippen LogP contribution >= 0.6 is 23.5 Å². The van der Waals surface area contributed by atoms with E-state index >= 15 is 0 Å². The van der Waals surface area contributed by atoms with Gasteiger partial charge in [0, 0.05) is 5.25 Å². The zero-order valence-corrected chi connectivity index (χ0v) is 17.7. The highest BCUT2D eigenvalue weighted by Crippen LogP contribution is 2.28. The molecule has 23 heavy (non-hydrogen) atoms. The van der Waals surface area contributed by atoms with Crippen molar-refractivity contribution in [3.05, 3.63) is 0 Å². The normalized spacial score (nSPS) is 22.0. The molecule has 0 amide bonds. The first-order valence-corrected chi connectivity index (χ1v) is 11.7. The van der Waals surface area contributed by atoms with Crippen molar-refractivity contribution in [2.45, 2.75) is 76.1 Å². The largest absolute Gasteiger partial charge is 0.317 e. The lowest BCUT2D eigenvalue weighted by Crippen LogP contribution is -2.32. The van der Waals surface area contributed by atoms with Gasteiger partial charge in [-0.3, -0.25) is 0 Å². The molecular weight excluding hydrogens is 320 g/mol. The third-order valence-electron chi connectivity index (χ3n) is 4.66. The van der Waals surface area contributed by atoms with Crippen LogP contribution in [0.1, 0.15) is 60.3 Å². The van der Waals surface area contributed by atoms with Crippen molar-refractivity contribution in [1.29, 1.82) is 0 Å². The lowest BCUT2D eigenvalue weighted by atomic mass is 9.95. The topological polar surface area (TPSA) is 24.1 Å². The molecule has 0 aliphatic carbocycles. The maximum absolute atomic E-state index is 3.41. The Morgan fingerprint density at radius 3 is 1.78 bits per heavy atom. The summed E-state index contributed by atoms with van der Waals surface area (Å²) in [6, 6.07) is 0. The van der Waals surface area contributed by atoms with Gasteiger partial charge < -0.3 is 10.6 Å². The van der Waals surface area contributed by atoms with Crippen LogP contribution in [0.25, 0.3) is 0 Å². The molecule has 0 spiro atoms. The third kappa shape index (κ3) is 11.0. The molecule has 1 unspecified atom stereocenters. The molecular formula is C19H40N2S2. The van der Waals surface area contributed by atoms with E-state index in [9.17, 15) is 0 Å². The Morgan fingerprint density at radius 1 is 0.783 bits per heavy atom. The minimum absolute atomic E-state index is 0.787. The SMILES string of the molecule is CC(C)SC(C)C1CCNCC1.CC(C)SCC1CCNCC1.